The molecule has 20 heavy (non-hydrogen) atoms. The van der Waals surface area contributed by atoms with Crippen molar-refractivity contribution in [1.82, 2.24) is 10.2 Å². The maximum absolute atomic E-state index is 12.4. The number of nitrogens with zero attached hydrogens (tertiary/aromatic N) is 2. The lowest BCUT2D eigenvalue weighted by molar-refractivity contribution is -0.129. The van der Waals surface area contributed by atoms with Crippen LogP contribution in [0.2, 0.25) is 0 Å². The van der Waals surface area contributed by atoms with Crippen LogP contribution in [0.3, 0.4) is 0 Å². The van der Waals surface area contributed by atoms with E-state index in [1.165, 1.54) is 6.20 Å². The first-order chi connectivity index (χ1) is 9.60. The highest BCUT2D eigenvalue weighted by Gasteiger charge is 2.21. The Morgan fingerprint density at radius 2 is 2.05 bits per heavy atom. The lowest BCUT2D eigenvalue weighted by Gasteiger charge is -2.26. The van der Waals surface area contributed by atoms with Crippen LogP contribution in [0, 0.1) is 11.3 Å². The first-order valence-electron chi connectivity index (χ1n) is 6.78. The van der Waals surface area contributed by atoms with Gasteiger partial charge < -0.3 is 10.2 Å². The van der Waals surface area contributed by atoms with E-state index in [2.05, 4.69) is 5.32 Å². The summed E-state index contributed by atoms with van der Waals surface area (Å²) in [6.45, 7) is 6.99. The molecule has 0 unspecified atom stereocenters. The number of nitriles is 1. The summed E-state index contributed by atoms with van der Waals surface area (Å²) in [5.41, 5.74) is 1.19. The second-order valence-corrected chi connectivity index (χ2v) is 4.74. The molecular formula is C16H21N3O. The largest absolute Gasteiger partial charge is 0.390 e. The molecule has 0 saturated carbocycles. The van der Waals surface area contributed by atoms with Crippen LogP contribution in [-0.2, 0) is 11.3 Å². The number of carbonyl (C=O) groups is 1. The third-order valence-corrected chi connectivity index (χ3v) is 2.88. The van der Waals surface area contributed by atoms with Crippen LogP contribution in [0.5, 0.6) is 0 Å². The van der Waals surface area contributed by atoms with Gasteiger partial charge in [-0.25, -0.2) is 0 Å². The van der Waals surface area contributed by atoms with Crippen molar-refractivity contribution >= 4 is 5.91 Å². The Kier molecular flexibility index (Phi) is 6.31. The molecular weight excluding hydrogens is 250 g/mol. The minimum Gasteiger partial charge on any atom is -0.390 e. The number of benzene rings is 1. The first-order valence-corrected chi connectivity index (χ1v) is 6.78. The van der Waals surface area contributed by atoms with Gasteiger partial charge in [0.05, 0.1) is 0 Å². The van der Waals surface area contributed by atoms with E-state index in [0.717, 1.165) is 5.56 Å². The Morgan fingerprint density at radius 1 is 1.40 bits per heavy atom. The predicted molar refractivity (Wildman–Crippen MR) is 79.5 cm³/mol. The quantitative estimate of drug-likeness (QED) is 0.638. The molecule has 0 aromatic heterocycles. The summed E-state index contributed by atoms with van der Waals surface area (Å²) in [6, 6.07) is 11.8. The Balaban J connectivity index is 2.91. The molecule has 4 nitrogen and oxygen atoms in total. The van der Waals surface area contributed by atoms with Gasteiger partial charge in [-0.3, -0.25) is 4.79 Å². The number of hydrogen-bond donors (Lipinski definition) is 1. The molecule has 0 radical (unpaired) electrons. The molecule has 0 spiro atoms. The second kappa shape index (κ2) is 8.00. The van der Waals surface area contributed by atoms with Crippen LogP contribution in [0.15, 0.2) is 42.1 Å². The van der Waals surface area contributed by atoms with E-state index in [0.29, 0.717) is 13.1 Å². The third-order valence-electron chi connectivity index (χ3n) is 2.88. The average molecular weight is 271 g/mol. The maximum atomic E-state index is 12.4. The van der Waals surface area contributed by atoms with Crippen molar-refractivity contribution in [2.24, 2.45) is 0 Å². The van der Waals surface area contributed by atoms with Crippen LogP contribution in [0.25, 0.3) is 0 Å². The normalized spacial score (nSPS) is 11.1. The van der Waals surface area contributed by atoms with Crippen LogP contribution in [0.4, 0.5) is 0 Å². The number of carbonyl (C=O) groups excluding carboxylic acids is 1. The molecule has 1 aromatic rings. The van der Waals surface area contributed by atoms with Crippen LogP contribution < -0.4 is 5.32 Å². The lowest BCUT2D eigenvalue weighted by Crippen LogP contribution is -2.37. The third kappa shape index (κ3) is 4.43. The van der Waals surface area contributed by atoms with Crippen molar-refractivity contribution in [3.8, 4) is 6.07 Å². The summed E-state index contributed by atoms with van der Waals surface area (Å²) in [4.78, 5) is 14.1. The predicted octanol–water partition coefficient (Wildman–Crippen LogP) is 2.44. The maximum Gasteiger partial charge on any atom is 0.266 e. The molecule has 1 N–H and O–H groups in total. The molecule has 0 atom stereocenters. The fourth-order valence-electron chi connectivity index (χ4n) is 1.77. The van der Waals surface area contributed by atoms with Crippen LogP contribution in [0.1, 0.15) is 26.3 Å². The van der Waals surface area contributed by atoms with Crippen molar-refractivity contribution in [3.63, 3.8) is 0 Å². The molecule has 1 aromatic carbocycles. The van der Waals surface area contributed by atoms with Crippen LogP contribution >= 0.6 is 0 Å². The van der Waals surface area contributed by atoms with E-state index >= 15 is 0 Å². The van der Waals surface area contributed by atoms with Crippen molar-refractivity contribution < 1.29 is 4.79 Å². The number of nitrogens with one attached hydrogen (secondary N) is 1. The molecule has 106 valence electrons. The molecule has 0 fully saturated rings. The Labute approximate surface area is 120 Å². The van der Waals surface area contributed by atoms with Gasteiger partial charge in [0.25, 0.3) is 5.91 Å². The standard InChI is InChI=1S/C16H21N3O/c1-4-18-11-15(10-17)16(20)19(13(2)3)12-14-8-6-5-7-9-14/h5-9,11,13,18H,4,12H2,1-3H3/b15-11-. The smallest absolute Gasteiger partial charge is 0.266 e. The Bertz CT molecular complexity index is 500. The van der Waals surface area contributed by atoms with Crippen molar-refractivity contribution in [2.75, 3.05) is 6.54 Å². The molecule has 1 amide bonds. The fraction of sp³-hybridized carbons (Fsp3) is 0.375. The first kappa shape index (κ1) is 15.8. The summed E-state index contributed by atoms with van der Waals surface area (Å²) in [5, 5.41) is 12.0. The molecule has 0 aliphatic heterocycles. The lowest BCUT2D eigenvalue weighted by atomic mass is 10.1. The van der Waals surface area contributed by atoms with Gasteiger partial charge in [0.15, 0.2) is 0 Å². The summed E-state index contributed by atoms with van der Waals surface area (Å²) < 4.78 is 0. The van der Waals surface area contributed by atoms with Crippen LogP contribution in [-0.4, -0.2) is 23.4 Å². The highest BCUT2D eigenvalue weighted by atomic mass is 16.2. The topological polar surface area (TPSA) is 56.1 Å². The van der Waals surface area contributed by atoms with E-state index < -0.39 is 0 Å². The fourth-order valence-corrected chi connectivity index (χ4v) is 1.77. The van der Waals surface area contributed by atoms with Gasteiger partial charge in [0.1, 0.15) is 11.6 Å². The van der Waals surface area contributed by atoms with Gasteiger partial charge in [-0.1, -0.05) is 30.3 Å². The SMILES string of the molecule is CCN/C=C(/C#N)C(=O)N(Cc1ccccc1)C(C)C. The molecule has 0 saturated heterocycles. The molecule has 0 heterocycles. The number of amides is 1. The second-order valence-electron chi connectivity index (χ2n) is 4.74. The zero-order valence-electron chi connectivity index (χ0n) is 12.3. The van der Waals surface area contributed by atoms with E-state index in [-0.39, 0.29) is 17.5 Å². The summed E-state index contributed by atoms with van der Waals surface area (Å²) >= 11 is 0. The van der Waals surface area contributed by atoms with E-state index in [1.54, 1.807) is 4.90 Å². The van der Waals surface area contributed by atoms with Crippen molar-refractivity contribution in [1.29, 1.82) is 5.26 Å². The Morgan fingerprint density at radius 3 is 2.55 bits per heavy atom. The van der Waals surface area contributed by atoms with Gasteiger partial charge >= 0.3 is 0 Å². The van der Waals surface area contributed by atoms with E-state index in [1.807, 2.05) is 57.2 Å². The monoisotopic (exact) mass is 271 g/mol. The zero-order chi connectivity index (χ0) is 15.0. The minimum atomic E-state index is -0.243. The average Bonchev–Trinajstić information content (AvgIpc) is 2.46. The van der Waals surface area contributed by atoms with Crippen molar-refractivity contribution in [3.05, 3.63) is 47.7 Å². The highest BCUT2D eigenvalue weighted by Crippen LogP contribution is 2.11. The zero-order valence-corrected chi connectivity index (χ0v) is 12.3. The number of hydrogen-bond acceptors (Lipinski definition) is 3. The number of rotatable bonds is 6. The molecule has 0 aliphatic carbocycles. The van der Waals surface area contributed by atoms with Gasteiger partial charge in [-0.15, -0.1) is 0 Å². The molecule has 4 heteroatoms. The van der Waals surface area contributed by atoms with Gasteiger partial charge in [0.2, 0.25) is 0 Å². The van der Waals surface area contributed by atoms with E-state index in [9.17, 15) is 4.79 Å². The minimum absolute atomic E-state index is 0.0288. The van der Waals surface area contributed by atoms with Crippen molar-refractivity contribution in [2.45, 2.75) is 33.4 Å². The summed E-state index contributed by atoms with van der Waals surface area (Å²) in [5.74, 6) is -0.243. The molecule has 0 bridgehead atoms. The molecule has 0 aliphatic rings. The Hall–Kier alpha value is -2.28. The van der Waals surface area contributed by atoms with E-state index in [4.69, 9.17) is 5.26 Å². The summed E-state index contributed by atoms with van der Waals surface area (Å²) in [7, 11) is 0. The van der Waals surface area contributed by atoms with Gasteiger partial charge in [-0.2, -0.15) is 5.26 Å². The summed E-state index contributed by atoms with van der Waals surface area (Å²) in [6.07, 6.45) is 1.49. The molecule has 1 rings (SSSR count). The van der Waals surface area contributed by atoms with Gasteiger partial charge in [-0.05, 0) is 26.3 Å². The highest BCUT2D eigenvalue weighted by molar-refractivity contribution is 5.97. The van der Waals surface area contributed by atoms with Gasteiger partial charge in [0, 0.05) is 25.3 Å².